The van der Waals surface area contributed by atoms with Gasteiger partial charge in [-0.15, -0.1) is 11.8 Å². The fraction of sp³-hybridized carbons (Fsp3) is 0.143. The number of rotatable bonds is 4. The Morgan fingerprint density at radius 3 is 2.39 bits per heavy atom. The first kappa shape index (κ1) is 13.1. The first-order valence-corrected chi connectivity index (χ1v) is 6.82. The maximum atomic E-state index is 13.2. The Hall–Kier alpha value is -1.36. The maximum Gasteiger partial charge on any atom is 0.123 e. The second-order valence-electron chi connectivity index (χ2n) is 3.93. The van der Waals surface area contributed by atoms with E-state index in [1.165, 1.54) is 17.0 Å². The zero-order chi connectivity index (χ0) is 13.0. The normalized spacial score (nSPS) is 12.4. The average Bonchev–Trinajstić information content (AvgIpc) is 2.40. The molecule has 2 aromatic carbocycles. The molecular weight excluding hydrogens is 247 g/mol. The molecule has 0 radical (unpaired) electrons. The van der Waals surface area contributed by atoms with Crippen molar-refractivity contribution in [2.75, 3.05) is 6.26 Å². The Labute approximate surface area is 110 Å². The van der Waals surface area contributed by atoms with Crippen LogP contribution in [0.15, 0.2) is 53.4 Å². The summed E-state index contributed by atoms with van der Waals surface area (Å²) in [6, 6.07) is 14.3. The molecule has 0 heterocycles. The fourth-order valence-electron chi connectivity index (χ4n) is 1.87. The van der Waals surface area contributed by atoms with Gasteiger partial charge >= 0.3 is 0 Å². The molecule has 1 unspecified atom stereocenters. The zero-order valence-corrected chi connectivity index (χ0v) is 10.9. The average molecular weight is 262 g/mol. The minimum atomic E-state index is -0.256. The smallest absolute Gasteiger partial charge is 0.123 e. The molecule has 0 aliphatic rings. The van der Waals surface area contributed by atoms with E-state index in [0.717, 1.165) is 11.1 Å². The third-order valence-corrected chi connectivity index (χ3v) is 3.54. The number of halogens is 1. The Bertz CT molecular complexity index is 513. The predicted molar refractivity (Wildman–Crippen MR) is 73.8 cm³/mol. The first-order valence-electron chi connectivity index (χ1n) is 5.60. The van der Waals surface area contributed by atoms with E-state index >= 15 is 0 Å². The summed E-state index contributed by atoms with van der Waals surface area (Å²) in [5.41, 5.74) is 4.55. The van der Waals surface area contributed by atoms with Gasteiger partial charge < -0.3 is 0 Å². The Morgan fingerprint density at radius 1 is 1.11 bits per heavy atom. The number of nitrogens with two attached hydrogens (primary N) is 1. The lowest BCUT2D eigenvalue weighted by Crippen LogP contribution is -2.28. The molecule has 4 heteroatoms. The van der Waals surface area contributed by atoms with Crippen molar-refractivity contribution < 1.29 is 4.39 Å². The summed E-state index contributed by atoms with van der Waals surface area (Å²) in [6.45, 7) is 0. The van der Waals surface area contributed by atoms with E-state index in [4.69, 9.17) is 5.84 Å². The van der Waals surface area contributed by atoms with Crippen LogP contribution in [0, 0.1) is 5.82 Å². The fourth-order valence-corrected chi connectivity index (χ4v) is 2.28. The third-order valence-electron chi connectivity index (χ3n) is 2.80. The number of hydrazine groups is 1. The Balaban J connectivity index is 2.32. The Kier molecular flexibility index (Phi) is 4.36. The SMILES string of the molecule is CSc1ccc(C(NN)c2cccc(F)c2)cc1. The van der Waals surface area contributed by atoms with Crippen molar-refractivity contribution in [3.05, 3.63) is 65.5 Å². The second-order valence-corrected chi connectivity index (χ2v) is 4.81. The molecular formula is C14H15FN2S. The summed E-state index contributed by atoms with van der Waals surface area (Å²) in [5, 5.41) is 0. The van der Waals surface area contributed by atoms with E-state index in [-0.39, 0.29) is 11.9 Å². The van der Waals surface area contributed by atoms with Crippen LogP contribution in [0.3, 0.4) is 0 Å². The van der Waals surface area contributed by atoms with Crippen LogP contribution in [-0.4, -0.2) is 6.26 Å². The monoisotopic (exact) mass is 262 g/mol. The molecule has 0 saturated carbocycles. The molecule has 0 saturated heterocycles. The number of hydrogen-bond acceptors (Lipinski definition) is 3. The molecule has 2 rings (SSSR count). The van der Waals surface area contributed by atoms with E-state index < -0.39 is 0 Å². The molecule has 18 heavy (non-hydrogen) atoms. The van der Waals surface area contributed by atoms with Crippen molar-refractivity contribution in [2.45, 2.75) is 10.9 Å². The van der Waals surface area contributed by atoms with Crippen LogP contribution in [0.4, 0.5) is 4.39 Å². The van der Waals surface area contributed by atoms with Crippen LogP contribution in [0.5, 0.6) is 0 Å². The molecule has 2 aromatic rings. The van der Waals surface area contributed by atoms with Crippen LogP contribution in [0.2, 0.25) is 0 Å². The molecule has 0 fully saturated rings. The lowest BCUT2D eigenvalue weighted by molar-refractivity contribution is 0.605. The van der Waals surface area contributed by atoms with Crippen molar-refractivity contribution >= 4 is 11.8 Å². The van der Waals surface area contributed by atoms with Crippen LogP contribution >= 0.6 is 11.8 Å². The number of hydrogen-bond donors (Lipinski definition) is 2. The molecule has 3 N–H and O–H groups in total. The number of benzene rings is 2. The van der Waals surface area contributed by atoms with Gasteiger partial charge in [-0.05, 0) is 41.6 Å². The van der Waals surface area contributed by atoms with Gasteiger partial charge in [0, 0.05) is 4.90 Å². The van der Waals surface area contributed by atoms with Crippen LogP contribution in [-0.2, 0) is 0 Å². The summed E-state index contributed by atoms with van der Waals surface area (Å²) in [4.78, 5) is 1.19. The molecule has 1 atom stereocenters. The highest BCUT2D eigenvalue weighted by Crippen LogP contribution is 2.24. The molecule has 0 aliphatic heterocycles. The standard InChI is InChI=1S/C14H15FN2S/c1-18-13-7-5-10(6-8-13)14(17-16)11-3-2-4-12(15)9-11/h2-9,14,17H,16H2,1H3. The molecule has 0 aromatic heterocycles. The van der Waals surface area contributed by atoms with Gasteiger partial charge in [0.15, 0.2) is 0 Å². The van der Waals surface area contributed by atoms with Gasteiger partial charge in [-0.1, -0.05) is 24.3 Å². The molecule has 94 valence electrons. The third kappa shape index (κ3) is 2.90. The lowest BCUT2D eigenvalue weighted by atomic mass is 9.99. The summed E-state index contributed by atoms with van der Waals surface area (Å²) < 4.78 is 13.2. The van der Waals surface area contributed by atoms with Gasteiger partial charge in [-0.2, -0.15) is 0 Å². The minimum absolute atomic E-state index is 0.198. The summed E-state index contributed by atoms with van der Waals surface area (Å²) in [7, 11) is 0. The number of thioether (sulfide) groups is 1. The highest BCUT2D eigenvalue weighted by atomic mass is 32.2. The largest absolute Gasteiger partial charge is 0.271 e. The zero-order valence-electron chi connectivity index (χ0n) is 10.1. The van der Waals surface area contributed by atoms with Gasteiger partial charge in [0.1, 0.15) is 5.82 Å². The Morgan fingerprint density at radius 2 is 1.83 bits per heavy atom. The van der Waals surface area contributed by atoms with Gasteiger partial charge in [-0.25, -0.2) is 9.82 Å². The van der Waals surface area contributed by atoms with Gasteiger partial charge in [-0.3, -0.25) is 5.84 Å². The predicted octanol–water partition coefficient (Wildman–Crippen LogP) is 3.10. The van der Waals surface area contributed by atoms with E-state index in [0.29, 0.717) is 0 Å². The summed E-state index contributed by atoms with van der Waals surface area (Å²) in [6.07, 6.45) is 2.03. The molecule has 0 bridgehead atoms. The van der Waals surface area contributed by atoms with Crippen molar-refractivity contribution in [3.63, 3.8) is 0 Å². The van der Waals surface area contributed by atoms with Crippen LogP contribution in [0.1, 0.15) is 17.2 Å². The van der Waals surface area contributed by atoms with E-state index in [9.17, 15) is 4.39 Å². The summed E-state index contributed by atoms with van der Waals surface area (Å²) >= 11 is 1.68. The highest BCUT2D eigenvalue weighted by Gasteiger charge is 2.12. The van der Waals surface area contributed by atoms with Crippen LogP contribution in [0.25, 0.3) is 0 Å². The van der Waals surface area contributed by atoms with Gasteiger partial charge in [0.25, 0.3) is 0 Å². The topological polar surface area (TPSA) is 38.0 Å². The second kappa shape index (κ2) is 6.00. The van der Waals surface area contributed by atoms with Crippen molar-refractivity contribution in [1.82, 2.24) is 5.43 Å². The minimum Gasteiger partial charge on any atom is -0.271 e. The van der Waals surface area contributed by atoms with Crippen molar-refractivity contribution in [2.24, 2.45) is 5.84 Å². The molecule has 2 nitrogen and oxygen atoms in total. The van der Waals surface area contributed by atoms with E-state index in [2.05, 4.69) is 5.43 Å². The first-order chi connectivity index (χ1) is 8.74. The lowest BCUT2D eigenvalue weighted by Gasteiger charge is -2.17. The van der Waals surface area contributed by atoms with E-state index in [1.807, 2.05) is 36.6 Å². The molecule has 0 spiro atoms. The van der Waals surface area contributed by atoms with Crippen molar-refractivity contribution in [1.29, 1.82) is 0 Å². The van der Waals surface area contributed by atoms with Gasteiger partial charge in [0.2, 0.25) is 0 Å². The summed E-state index contributed by atoms with van der Waals surface area (Å²) in [5.74, 6) is 5.32. The van der Waals surface area contributed by atoms with E-state index in [1.54, 1.807) is 17.8 Å². The van der Waals surface area contributed by atoms with Crippen molar-refractivity contribution in [3.8, 4) is 0 Å². The maximum absolute atomic E-state index is 13.2. The molecule has 0 amide bonds. The van der Waals surface area contributed by atoms with Gasteiger partial charge in [0.05, 0.1) is 6.04 Å². The molecule has 0 aliphatic carbocycles. The number of nitrogens with one attached hydrogen (secondary N) is 1. The highest BCUT2D eigenvalue weighted by molar-refractivity contribution is 7.98. The quantitative estimate of drug-likeness (QED) is 0.505. The van der Waals surface area contributed by atoms with Crippen LogP contribution < -0.4 is 11.3 Å².